The maximum absolute atomic E-state index is 13.2. The molecule has 0 unspecified atom stereocenters. The van der Waals surface area contributed by atoms with Crippen molar-refractivity contribution in [3.63, 3.8) is 0 Å². The molecule has 106 valence electrons. The Labute approximate surface area is 118 Å². The molecule has 1 aromatic rings. The van der Waals surface area contributed by atoms with Gasteiger partial charge in [0.25, 0.3) is 0 Å². The lowest BCUT2D eigenvalue weighted by Gasteiger charge is -2.16. The number of nitro benzene ring substituents is 1. The van der Waals surface area contributed by atoms with E-state index in [0.29, 0.717) is 11.8 Å². The number of hydrogen-bond donors (Lipinski definition) is 0. The van der Waals surface area contributed by atoms with Gasteiger partial charge in [0, 0.05) is 25.0 Å². The average Bonchev–Trinajstić information content (AvgIpc) is 2.35. The lowest BCUT2D eigenvalue weighted by molar-refractivity contribution is -0.387. The molecule has 0 atom stereocenters. The fourth-order valence-electron chi connectivity index (χ4n) is 1.38. The summed E-state index contributed by atoms with van der Waals surface area (Å²) in [4.78, 5) is 9.35. The Hall–Kier alpha value is -1.06. The summed E-state index contributed by atoms with van der Waals surface area (Å²) < 4.78 is 38.4. The number of nitrogens with zero attached hydrogens (tertiary/aromatic N) is 2. The van der Waals surface area contributed by atoms with Crippen molar-refractivity contribution >= 4 is 31.6 Å². The second-order valence-corrected chi connectivity index (χ2v) is 6.58. The summed E-state index contributed by atoms with van der Waals surface area (Å²) in [6.45, 7) is 0.263. The SMILES string of the molecule is CN(CCCBr)S(=O)(=O)c1ccc(F)c([N+](=O)[O-])c1. The minimum absolute atomic E-state index is 0.263. The van der Waals surface area contributed by atoms with Crippen LogP contribution in [0.5, 0.6) is 0 Å². The quantitative estimate of drug-likeness (QED) is 0.445. The molecule has 0 aliphatic rings. The molecule has 0 saturated carbocycles. The Morgan fingerprint density at radius 1 is 1.47 bits per heavy atom. The van der Waals surface area contributed by atoms with E-state index in [4.69, 9.17) is 0 Å². The van der Waals surface area contributed by atoms with Gasteiger partial charge in [-0.05, 0) is 18.6 Å². The number of benzene rings is 1. The second kappa shape index (κ2) is 6.40. The minimum Gasteiger partial charge on any atom is -0.258 e. The largest absolute Gasteiger partial charge is 0.306 e. The molecular weight excluding hydrogens is 343 g/mol. The normalized spacial score (nSPS) is 11.8. The van der Waals surface area contributed by atoms with Crippen molar-refractivity contribution in [2.45, 2.75) is 11.3 Å². The molecule has 0 N–H and O–H groups in total. The number of sulfonamides is 1. The first kappa shape index (κ1) is 16.0. The highest BCUT2D eigenvalue weighted by molar-refractivity contribution is 9.09. The van der Waals surface area contributed by atoms with Crippen LogP contribution in [0.4, 0.5) is 10.1 Å². The van der Waals surface area contributed by atoms with E-state index < -0.39 is 26.5 Å². The second-order valence-electron chi connectivity index (χ2n) is 3.74. The van der Waals surface area contributed by atoms with Gasteiger partial charge in [0.1, 0.15) is 0 Å². The van der Waals surface area contributed by atoms with Crippen LogP contribution in [-0.4, -0.2) is 36.6 Å². The predicted octanol–water partition coefficient (Wildman–Crippen LogP) is 2.14. The number of hydrogen-bond acceptors (Lipinski definition) is 4. The highest BCUT2D eigenvalue weighted by Gasteiger charge is 2.24. The Morgan fingerprint density at radius 3 is 2.63 bits per heavy atom. The molecule has 19 heavy (non-hydrogen) atoms. The van der Waals surface area contributed by atoms with E-state index in [1.807, 2.05) is 0 Å². The summed E-state index contributed by atoms with van der Waals surface area (Å²) in [5.74, 6) is -1.06. The van der Waals surface area contributed by atoms with E-state index in [1.54, 1.807) is 0 Å². The fraction of sp³-hybridized carbons (Fsp3) is 0.400. The number of rotatable bonds is 6. The van der Waals surface area contributed by atoms with Crippen LogP contribution in [0.15, 0.2) is 23.1 Å². The number of alkyl halides is 1. The van der Waals surface area contributed by atoms with E-state index in [-0.39, 0.29) is 11.4 Å². The molecular formula is C10H12BrFN2O4S. The molecule has 0 heterocycles. The highest BCUT2D eigenvalue weighted by Crippen LogP contribution is 2.23. The predicted molar refractivity (Wildman–Crippen MR) is 71.3 cm³/mol. The third-order valence-electron chi connectivity index (χ3n) is 2.43. The Kier molecular flexibility index (Phi) is 5.39. The molecule has 0 aromatic heterocycles. The zero-order valence-corrected chi connectivity index (χ0v) is 12.4. The highest BCUT2D eigenvalue weighted by atomic mass is 79.9. The summed E-state index contributed by atoms with van der Waals surface area (Å²) in [5.41, 5.74) is -0.852. The summed E-state index contributed by atoms with van der Waals surface area (Å²) in [6, 6.07) is 2.53. The van der Waals surface area contributed by atoms with E-state index in [1.165, 1.54) is 7.05 Å². The first-order valence-corrected chi connectivity index (χ1v) is 7.83. The minimum atomic E-state index is -3.84. The van der Waals surface area contributed by atoms with E-state index in [0.717, 1.165) is 22.5 Å². The first-order valence-electron chi connectivity index (χ1n) is 5.27. The van der Waals surface area contributed by atoms with Gasteiger partial charge in [-0.1, -0.05) is 15.9 Å². The summed E-state index contributed by atoms with van der Waals surface area (Å²) in [6.07, 6.45) is 0.596. The van der Waals surface area contributed by atoms with Gasteiger partial charge in [-0.3, -0.25) is 10.1 Å². The molecule has 9 heteroatoms. The van der Waals surface area contributed by atoms with Crippen molar-refractivity contribution in [3.05, 3.63) is 34.1 Å². The summed E-state index contributed by atoms with van der Waals surface area (Å²) >= 11 is 3.18. The van der Waals surface area contributed by atoms with Crippen molar-refractivity contribution in [2.75, 3.05) is 18.9 Å². The van der Waals surface area contributed by atoms with E-state index in [2.05, 4.69) is 15.9 Å². The molecule has 6 nitrogen and oxygen atoms in total. The fourth-order valence-corrected chi connectivity index (χ4v) is 2.86. The molecule has 0 spiro atoms. The van der Waals surface area contributed by atoms with Crippen molar-refractivity contribution in [1.82, 2.24) is 4.31 Å². The molecule has 0 saturated heterocycles. The van der Waals surface area contributed by atoms with Crippen LogP contribution in [-0.2, 0) is 10.0 Å². The maximum atomic E-state index is 13.2. The molecule has 0 radical (unpaired) electrons. The zero-order valence-electron chi connectivity index (χ0n) is 10.0. The molecule has 1 rings (SSSR count). The smallest absolute Gasteiger partial charge is 0.258 e. The molecule has 1 aromatic carbocycles. The van der Waals surface area contributed by atoms with Crippen LogP contribution in [0.1, 0.15) is 6.42 Å². The van der Waals surface area contributed by atoms with E-state index >= 15 is 0 Å². The van der Waals surface area contributed by atoms with Crippen LogP contribution in [0.2, 0.25) is 0 Å². The lowest BCUT2D eigenvalue weighted by Crippen LogP contribution is -2.28. The monoisotopic (exact) mass is 354 g/mol. The van der Waals surface area contributed by atoms with Gasteiger partial charge < -0.3 is 0 Å². The topological polar surface area (TPSA) is 80.5 Å². The van der Waals surface area contributed by atoms with Gasteiger partial charge in [0.2, 0.25) is 15.8 Å². The Morgan fingerprint density at radius 2 is 2.11 bits per heavy atom. The maximum Gasteiger partial charge on any atom is 0.306 e. The Balaban J connectivity index is 3.15. The van der Waals surface area contributed by atoms with Crippen molar-refractivity contribution in [3.8, 4) is 0 Å². The van der Waals surface area contributed by atoms with Gasteiger partial charge >= 0.3 is 5.69 Å². The van der Waals surface area contributed by atoms with Crippen molar-refractivity contribution in [1.29, 1.82) is 0 Å². The van der Waals surface area contributed by atoms with Crippen molar-refractivity contribution in [2.24, 2.45) is 0 Å². The van der Waals surface area contributed by atoms with Crippen LogP contribution in [0.3, 0.4) is 0 Å². The van der Waals surface area contributed by atoms with Gasteiger partial charge in [0.05, 0.1) is 9.82 Å². The van der Waals surface area contributed by atoms with Gasteiger partial charge in [0.15, 0.2) is 0 Å². The van der Waals surface area contributed by atoms with Gasteiger partial charge in [-0.15, -0.1) is 0 Å². The number of halogens is 2. The Bertz CT molecular complexity index is 579. The van der Waals surface area contributed by atoms with Crippen LogP contribution in [0, 0.1) is 15.9 Å². The average molecular weight is 355 g/mol. The van der Waals surface area contributed by atoms with Crippen molar-refractivity contribution < 1.29 is 17.7 Å². The van der Waals surface area contributed by atoms with Gasteiger partial charge in [-0.2, -0.15) is 4.39 Å². The molecule has 0 fully saturated rings. The summed E-state index contributed by atoms with van der Waals surface area (Å²) in [5, 5.41) is 11.2. The molecule has 0 amide bonds. The molecule has 0 aliphatic heterocycles. The molecule has 0 bridgehead atoms. The summed E-state index contributed by atoms with van der Waals surface area (Å²) in [7, 11) is -2.47. The zero-order chi connectivity index (χ0) is 14.6. The van der Waals surface area contributed by atoms with Crippen LogP contribution < -0.4 is 0 Å². The lowest BCUT2D eigenvalue weighted by atomic mass is 10.3. The van der Waals surface area contributed by atoms with Gasteiger partial charge in [-0.25, -0.2) is 12.7 Å². The van der Waals surface area contributed by atoms with E-state index in [9.17, 15) is 22.9 Å². The third kappa shape index (κ3) is 3.71. The first-order chi connectivity index (χ1) is 8.80. The third-order valence-corrected chi connectivity index (χ3v) is 4.84. The standard InChI is InChI=1S/C10H12BrFN2O4S/c1-13(6-2-5-11)19(17,18)8-3-4-9(12)10(7-8)14(15)16/h3-4,7H,2,5-6H2,1H3. The molecule has 0 aliphatic carbocycles. The number of nitro groups is 1. The van der Waals surface area contributed by atoms with Crippen LogP contribution >= 0.6 is 15.9 Å². The van der Waals surface area contributed by atoms with Crippen LogP contribution in [0.25, 0.3) is 0 Å².